The van der Waals surface area contributed by atoms with Crippen molar-refractivity contribution >= 4 is 22.4 Å². The molecule has 1 aromatic rings. The monoisotopic (exact) mass is 247 g/mol. The molecule has 1 aliphatic rings. The number of nitrogens with zero attached hydrogens (tertiary/aromatic N) is 2. The topological polar surface area (TPSA) is 65.8 Å². The highest BCUT2D eigenvalue weighted by Crippen LogP contribution is 2.23. The van der Waals surface area contributed by atoms with Crippen molar-refractivity contribution in [2.75, 3.05) is 5.32 Å². The Kier molecular flexibility index (Phi) is 3.55. The number of hydrogen-bond donors (Lipinski definition) is 1. The Bertz CT molecular complexity index is 510. The summed E-state index contributed by atoms with van der Waals surface area (Å²) in [4.78, 5) is 16.6. The van der Waals surface area contributed by atoms with Crippen LogP contribution in [-0.4, -0.2) is 10.9 Å². The van der Waals surface area contributed by atoms with Crippen molar-refractivity contribution in [2.45, 2.75) is 32.6 Å². The first-order valence-electron chi connectivity index (χ1n) is 5.58. The van der Waals surface area contributed by atoms with Gasteiger partial charge in [-0.25, -0.2) is 4.98 Å². The molecule has 1 amide bonds. The number of anilines is 1. The molecule has 0 bridgehead atoms. The van der Waals surface area contributed by atoms with Gasteiger partial charge in [0.2, 0.25) is 0 Å². The molecule has 2 rings (SSSR count). The van der Waals surface area contributed by atoms with Crippen molar-refractivity contribution in [2.24, 2.45) is 0 Å². The summed E-state index contributed by atoms with van der Waals surface area (Å²) in [6.45, 7) is 1.77. The van der Waals surface area contributed by atoms with E-state index < -0.39 is 0 Å². The van der Waals surface area contributed by atoms with Crippen molar-refractivity contribution in [1.82, 2.24) is 4.98 Å². The zero-order valence-corrected chi connectivity index (χ0v) is 10.4. The van der Waals surface area contributed by atoms with Gasteiger partial charge in [0, 0.05) is 5.57 Å². The van der Waals surface area contributed by atoms with Gasteiger partial charge in [-0.3, -0.25) is 10.1 Å². The summed E-state index contributed by atoms with van der Waals surface area (Å²) in [6, 6.07) is 2.06. The Morgan fingerprint density at radius 2 is 2.41 bits per heavy atom. The van der Waals surface area contributed by atoms with Crippen LogP contribution in [0.2, 0.25) is 0 Å². The summed E-state index contributed by atoms with van der Waals surface area (Å²) < 4.78 is 0. The fraction of sp³-hybridized carbons (Fsp3) is 0.417. The van der Waals surface area contributed by atoms with Gasteiger partial charge in [0.1, 0.15) is 10.9 Å². The number of rotatable bonds is 2. The van der Waals surface area contributed by atoms with E-state index in [-0.39, 0.29) is 5.91 Å². The molecule has 88 valence electrons. The summed E-state index contributed by atoms with van der Waals surface area (Å²) in [5.74, 6) is -0.0806. The molecule has 5 heteroatoms. The van der Waals surface area contributed by atoms with Crippen molar-refractivity contribution in [1.29, 1.82) is 5.26 Å². The number of hydrogen-bond acceptors (Lipinski definition) is 4. The predicted molar refractivity (Wildman–Crippen MR) is 66.7 cm³/mol. The number of aromatic nitrogens is 1. The number of carbonyl (C=O) groups is 1. The van der Waals surface area contributed by atoms with Gasteiger partial charge >= 0.3 is 0 Å². The number of aryl methyl sites for hydroxylation is 1. The van der Waals surface area contributed by atoms with Crippen molar-refractivity contribution in [3.05, 3.63) is 22.2 Å². The molecule has 0 aliphatic heterocycles. The molecule has 0 saturated carbocycles. The van der Waals surface area contributed by atoms with E-state index in [1.807, 2.05) is 6.08 Å². The minimum Gasteiger partial charge on any atom is -0.298 e. The van der Waals surface area contributed by atoms with E-state index in [1.165, 1.54) is 11.3 Å². The Morgan fingerprint density at radius 1 is 1.59 bits per heavy atom. The first kappa shape index (κ1) is 11.8. The van der Waals surface area contributed by atoms with Gasteiger partial charge in [-0.1, -0.05) is 17.4 Å². The quantitative estimate of drug-likeness (QED) is 0.873. The molecule has 0 atom stereocenters. The molecule has 0 radical (unpaired) electrons. The molecule has 0 spiro atoms. The molecule has 1 N–H and O–H groups in total. The maximum absolute atomic E-state index is 11.9. The second kappa shape index (κ2) is 5.11. The van der Waals surface area contributed by atoms with Gasteiger partial charge < -0.3 is 0 Å². The van der Waals surface area contributed by atoms with Gasteiger partial charge in [-0.2, -0.15) is 5.26 Å². The second-order valence-electron chi connectivity index (χ2n) is 3.97. The molecule has 0 unspecified atom stereocenters. The standard InChI is InChI=1S/C12H13N3OS/c1-8-10(7-13)17-12(14-8)15-11(16)9-5-3-2-4-6-9/h5H,2-4,6H2,1H3,(H,14,15,16). The zero-order valence-electron chi connectivity index (χ0n) is 9.62. The molecular weight excluding hydrogens is 234 g/mol. The molecule has 4 nitrogen and oxygen atoms in total. The van der Waals surface area contributed by atoms with Crippen LogP contribution in [0.15, 0.2) is 11.6 Å². The van der Waals surface area contributed by atoms with E-state index in [0.29, 0.717) is 15.7 Å². The van der Waals surface area contributed by atoms with Crippen molar-refractivity contribution in [3.8, 4) is 6.07 Å². The van der Waals surface area contributed by atoms with E-state index in [0.717, 1.165) is 31.3 Å². The minimum atomic E-state index is -0.0806. The van der Waals surface area contributed by atoms with Crippen molar-refractivity contribution in [3.63, 3.8) is 0 Å². The van der Waals surface area contributed by atoms with E-state index in [2.05, 4.69) is 16.4 Å². The zero-order chi connectivity index (χ0) is 12.3. The van der Waals surface area contributed by atoms with Crippen LogP contribution in [0.5, 0.6) is 0 Å². The fourth-order valence-electron chi connectivity index (χ4n) is 1.78. The summed E-state index contributed by atoms with van der Waals surface area (Å²) in [5.41, 5.74) is 1.51. The lowest BCUT2D eigenvalue weighted by Gasteiger charge is -2.11. The van der Waals surface area contributed by atoms with Gasteiger partial charge in [-0.05, 0) is 32.6 Å². The van der Waals surface area contributed by atoms with Crippen LogP contribution in [-0.2, 0) is 4.79 Å². The molecule has 0 saturated heterocycles. The summed E-state index contributed by atoms with van der Waals surface area (Å²) >= 11 is 1.22. The molecule has 1 aliphatic carbocycles. The predicted octanol–water partition coefficient (Wildman–Crippen LogP) is 2.76. The third-order valence-corrected chi connectivity index (χ3v) is 3.68. The SMILES string of the molecule is Cc1nc(NC(=O)C2=CCCCC2)sc1C#N. The Balaban J connectivity index is 2.08. The van der Waals surface area contributed by atoms with Gasteiger partial charge in [0.05, 0.1) is 5.69 Å². The number of carbonyl (C=O) groups excluding carboxylic acids is 1. The van der Waals surface area contributed by atoms with Crippen LogP contribution in [0.3, 0.4) is 0 Å². The second-order valence-corrected chi connectivity index (χ2v) is 4.97. The number of thiazole rings is 1. The maximum Gasteiger partial charge on any atom is 0.253 e. The van der Waals surface area contributed by atoms with Crippen LogP contribution in [0.4, 0.5) is 5.13 Å². The molecule has 1 aromatic heterocycles. The fourth-order valence-corrected chi connectivity index (χ4v) is 2.53. The van der Waals surface area contributed by atoms with E-state index in [1.54, 1.807) is 6.92 Å². The third-order valence-electron chi connectivity index (χ3n) is 2.70. The van der Waals surface area contributed by atoms with Crippen LogP contribution in [0.25, 0.3) is 0 Å². The average Bonchev–Trinajstić information content (AvgIpc) is 2.70. The van der Waals surface area contributed by atoms with Gasteiger partial charge in [0.25, 0.3) is 5.91 Å². The molecule has 0 aromatic carbocycles. The molecule has 17 heavy (non-hydrogen) atoms. The number of allylic oxidation sites excluding steroid dienone is 1. The van der Waals surface area contributed by atoms with Gasteiger partial charge in [-0.15, -0.1) is 0 Å². The lowest BCUT2D eigenvalue weighted by molar-refractivity contribution is -0.113. The normalized spacial score (nSPS) is 14.9. The smallest absolute Gasteiger partial charge is 0.253 e. The lowest BCUT2D eigenvalue weighted by atomic mass is 9.99. The Labute approximate surface area is 104 Å². The summed E-state index contributed by atoms with van der Waals surface area (Å²) in [7, 11) is 0. The number of nitriles is 1. The van der Waals surface area contributed by atoms with Crippen LogP contribution in [0.1, 0.15) is 36.3 Å². The maximum atomic E-state index is 11.9. The minimum absolute atomic E-state index is 0.0806. The number of nitrogens with one attached hydrogen (secondary N) is 1. The molecule has 1 heterocycles. The average molecular weight is 247 g/mol. The number of amides is 1. The first-order chi connectivity index (χ1) is 8.20. The van der Waals surface area contributed by atoms with Crippen molar-refractivity contribution < 1.29 is 4.79 Å². The van der Waals surface area contributed by atoms with Crippen LogP contribution < -0.4 is 5.32 Å². The largest absolute Gasteiger partial charge is 0.298 e. The highest BCUT2D eigenvalue weighted by atomic mass is 32.1. The van der Waals surface area contributed by atoms with E-state index in [4.69, 9.17) is 5.26 Å². The van der Waals surface area contributed by atoms with Crippen LogP contribution >= 0.6 is 11.3 Å². The lowest BCUT2D eigenvalue weighted by Crippen LogP contribution is -2.15. The van der Waals surface area contributed by atoms with Crippen LogP contribution in [0, 0.1) is 18.3 Å². The first-order valence-corrected chi connectivity index (χ1v) is 6.40. The summed E-state index contributed by atoms with van der Waals surface area (Å²) in [5, 5.41) is 12.1. The van der Waals surface area contributed by atoms with E-state index in [9.17, 15) is 4.79 Å². The third kappa shape index (κ3) is 2.71. The highest BCUT2D eigenvalue weighted by molar-refractivity contribution is 7.16. The summed E-state index contributed by atoms with van der Waals surface area (Å²) in [6.07, 6.45) is 6.03. The van der Waals surface area contributed by atoms with Gasteiger partial charge in [0.15, 0.2) is 5.13 Å². The van der Waals surface area contributed by atoms with E-state index >= 15 is 0 Å². The Hall–Kier alpha value is -1.67. The molecular formula is C12H13N3OS. The highest BCUT2D eigenvalue weighted by Gasteiger charge is 2.15. The molecule has 0 fully saturated rings. The Morgan fingerprint density at radius 3 is 3.00 bits per heavy atom.